The van der Waals surface area contributed by atoms with E-state index in [1.165, 1.54) is 0 Å². The molecule has 0 N–H and O–H groups in total. The predicted octanol–water partition coefficient (Wildman–Crippen LogP) is 1.48. The molecule has 1 aliphatic carbocycles. The summed E-state index contributed by atoms with van der Waals surface area (Å²) in [4.78, 5) is 15.6. The third-order valence-electron chi connectivity index (χ3n) is 6.75. The molecule has 1 amide bonds. The van der Waals surface area contributed by atoms with Gasteiger partial charge in [0.25, 0.3) is 0 Å². The van der Waals surface area contributed by atoms with E-state index in [1.54, 1.807) is 18.5 Å². The Balaban J connectivity index is 1.79. The maximum Gasteiger partial charge on any atom is 0.230 e. The molecule has 2 atom stereocenters. The van der Waals surface area contributed by atoms with Crippen LogP contribution in [0, 0.1) is 11.3 Å². The van der Waals surface area contributed by atoms with Crippen molar-refractivity contribution in [1.29, 1.82) is 0 Å². The van der Waals surface area contributed by atoms with E-state index in [1.807, 2.05) is 4.90 Å². The number of hydrogen-bond acceptors (Lipinski definition) is 5. The Kier molecular flexibility index (Phi) is 6.82. The summed E-state index contributed by atoms with van der Waals surface area (Å²) in [5, 5.41) is 0. The van der Waals surface area contributed by atoms with Crippen molar-refractivity contribution in [3.05, 3.63) is 0 Å². The minimum atomic E-state index is -3.32. The van der Waals surface area contributed by atoms with Crippen LogP contribution in [0.5, 0.6) is 0 Å². The van der Waals surface area contributed by atoms with Gasteiger partial charge in [0, 0.05) is 46.5 Å². The molecule has 1 saturated carbocycles. The Bertz CT molecular complexity index is 618. The molecule has 2 saturated heterocycles. The van der Waals surface area contributed by atoms with Gasteiger partial charge in [-0.3, -0.25) is 4.79 Å². The van der Waals surface area contributed by atoms with Crippen LogP contribution in [0.1, 0.15) is 44.9 Å². The second-order valence-electron chi connectivity index (χ2n) is 8.28. The quantitative estimate of drug-likeness (QED) is 0.673. The van der Waals surface area contributed by atoms with E-state index in [0.717, 1.165) is 58.2 Å². The molecule has 0 radical (unpaired) electrons. The number of rotatable bonds is 6. The van der Waals surface area contributed by atoms with Crippen LogP contribution in [0.4, 0.5) is 0 Å². The molecule has 0 aromatic carbocycles. The second-order valence-corrected chi connectivity index (χ2v) is 10.3. The van der Waals surface area contributed by atoms with Crippen molar-refractivity contribution in [2.75, 3.05) is 52.8 Å². The van der Waals surface area contributed by atoms with Gasteiger partial charge in [0.05, 0.1) is 17.8 Å². The summed E-state index contributed by atoms with van der Waals surface area (Å²) in [6.45, 7) is 2.97. The summed E-state index contributed by atoms with van der Waals surface area (Å²) in [6.07, 6.45) is 5.94. The maximum absolute atomic E-state index is 13.6. The van der Waals surface area contributed by atoms with Crippen LogP contribution in [-0.4, -0.2) is 82.4 Å². The number of methoxy groups -OCH3 is 2. The highest BCUT2D eigenvalue weighted by molar-refractivity contribution is 7.89. The molecule has 0 aromatic rings. The molecule has 2 aliphatic heterocycles. The molecule has 0 bridgehead atoms. The van der Waals surface area contributed by atoms with Crippen LogP contribution in [0.15, 0.2) is 0 Å². The van der Waals surface area contributed by atoms with Crippen LogP contribution in [-0.2, 0) is 24.3 Å². The van der Waals surface area contributed by atoms with Crippen LogP contribution in [0.3, 0.4) is 0 Å². The number of carbonyl (C=O) groups excluding carboxylic acids is 1. The molecule has 0 aromatic heterocycles. The highest BCUT2D eigenvalue weighted by Crippen LogP contribution is 2.48. The molecule has 3 rings (SSSR count). The zero-order chi connectivity index (χ0) is 19.5. The van der Waals surface area contributed by atoms with Crippen molar-refractivity contribution in [3.8, 4) is 0 Å². The van der Waals surface area contributed by atoms with Crippen LogP contribution < -0.4 is 0 Å². The number of ether oxygens (including phenoxy) is 2. The topological polar surface area (TPSA) is 76.2 Å². The first-order valence-corrected chi connectivity index (χ1v) is 11.8. The number of sulfonamides is 1. The Labute approximate surface area is 163 Å². The average molecular weight is 403 g/mol. The largest absolute Gasteiger partial charge is 0.384 e. The Morgan fingerprint density at radius 1 is 1.07 bits per heavy atom. The van der Waals surface area contributed by atoms with E-state index in [2.05, 4.69) is 0 Å². The monoisotopic (exact) mass is 402 g/mol. The van der Waals surface area contributed by atoms with E-state index in [-0.39, 0.29) is 17.7 Å². The smallest absolute Gasteiger partial charge is 0.230 e. The number of nitrogens with zero attached hydrogens (tertiary/aromatic N) is 2. The van der Waals surface area contributed by atoms with Gasteiger partial charge in [-0.25, -0.2) is 8.42 Å². The van der Waals surface area contributed by atoms with Crippen molar-refractivity contribution < 1.29 is 22.7 Å². The molecule has 0 unspecified atom stereocenters. The second kappa shape index (κ2) is 8.76. The van der Waals surface area contributed by atoms with E-state index in [9.17, 15) is 13.2 Å². The predicted molar refractivity (Wildman–Crippen MR) is 103 cm³/mol. The highest BCUT2D eigenvalue weighted by atomic mass is 32.2. The first-order valence-electron chi connectivity index (χ1n) is 10.2. The molecule has 2 heterocycles. The minimum absolute atomic E-state index is 0.0685. The lowest BCUT2D eigenvalue weighted by Gasteiger charge is -2.52. The van der Waals surface area contributed by atoms with Gasteiger partial charge in [0.2, 0.25) is 15.9 Å². The lowest BCUT2D eigenvalue weighted by molar-refractivity contribution is -0.151. The number of carbonyl (C=O) groups is 1. The molecule has 0 spiro atoms. The van der Waals surface area contributed by atoms with E-state index in [0.29, 0.717) is 25.5 Å². The molecular formula is C19H34N2O5S. The van der Waals surface area contributed by atoms with Gasteiger partial charge in [-0.15, -0.1) is 0 Å². The lowest BCUT2D eigenvalue weighted by Crippen LogP contribution is -2.64. The first-order chi connectivity index (χ1) is 12.9. The van der Waals surface area contributed by atoms with E-state index in [4.69, 9.17) is 9.47 Å². The molecule has 27 heavy (non-hydrogen) atoms. The fourth-order valence-electron chi connectivity index (χ4n) is 5.24. The summed E-state index contributed by atoms with van der Waals surface area (Å²) >= 11 is 0. The van der Waals surface area contributed by atoms with Crippen molar-refractivity contribution in [1.82, 2.24) is 9.21 Å². The fraction of sp³-hybridized carbons (Fsp3) is 0.947. The number of likely N-dealkylation sites (tertiary alicyclic amines) is 1. The van der Waals surface area contributed by atoms with Crippen LogP contribution in [0.2, 0.25) is 0 Å². The van der Waals surface area contributed by atoms with Crippen molar-refractivity contribution in [2.24, 2.45) is 11.3 Å². The molecule has 3 aliphatic rings. The van der Waals surface area contributed by atoms with Gasteiger partial charge >= 0.3 is 0 Å². The van der Waals surface area contributed by atoms with Gasteiger partial charge in [0.15, 0.2) is 0 Å². The molecule has 7 nitrogen and oxygen atoms in total. The van der Waals surface area contributed by atoms with Gasteiger partial charge < -0.3 is 14.4 Å². The van der Waals surface area contributed by atoms with Crippen molar-refractivity contribution in [3.63, 3.8) is 0 Å². The number of fused-ring (bicyclic) bond motifs is 1. The Morgan fingerprint density at radius 2 is 1.81 bits per heavy atom. The van der Waals surface area contributed by atoms with Gasteiger partial charge in [-0.1, -0.05) is 12.8 Å². The van der Waals surface area contributed by atoms with Gasteiger partial charge in [-0.05, 0) is 38.0 Å². The van der Waals surface area contributed by atoms with Crippen LogP contribution in [0.25, 0.3) is 0 Å². The van der Waals surface area contributed by atoms with Gasteiger partial charge in [-0.2, -0.15) is 4.31 Å². The normalized spacial score (nSPS) is 32.2. The number of piperidine rings is 1. The van der Waals surface area contributed by atoms with E-state index < -0.39 is 15.4 Å². The maximum atomic E-state index is 13.6. The highest BCUT2D eigenvalue weighted by Gasteiger charge is 2.56. The van der Waals surface area contributed by atoms with Crippen molar-refractivity contribution >= 4 is 15.9 Å². The number of hydrogen-bond donors (Lipinski definition) is 0. The summed E-state index contributed by atoms with van der Waals surface area (Å²) < 4.78 is 37.5. The standard InChI is InChI=1S/C19H34N2O5S/c1-25-13-12-21-17-5-3-4-8-19(17,9-14-27(21,23)24)18(22)20-10-6-16(7-11-20)15-26-2/h16-17H,3-15H2,1-2H3/t17-,19-/m1/s1. The minimum Gasteiger partial charge on any atom is -0.384 e. The Morgan fingerprint density at radius 3 is 2.48 bits per heavy atom. The molecule has 156 valence electrons. The molecule has 3 fully saturated rings. The third kappa shape index (κ3) is 4.18. The van der Waals surface area contributed by atoms with Crippen LogP contribution >= 0.6 is 0 Å². The fourth-order valence-corrected chi connectivity index (χ4v) is 7.14. The Hall–Kier alpha value is -0.700. The zero-order valence-corrected chi connectivity index (χ0v) is 17.5. The summed E-state index contributed by atoms with van der Waals surface area (Å²) in [7, 11) is -0.0129. The lowest BCUT2D eigenvalue weighted by atomic mass is 9.67. The average Bonchev–Trinajstić information content (AvgIpc) is 2.67. The molecule has 8 heteroatoms. The summed E-state index contributed by atoms with van der Waals surface area (Å²) in [5.74, 6) is 0.767. The summed E-state index contributed by atoms with van der Waals surface area (Å²) in [5.41, 5.74) is -0.550. The van der Waals surface area contributed by atoms with Gasteiger partial charge in [0.1, 0.15) is 0 Å². The molecular weight excluding hydrogens is 368 g/mol. The zero-order valence-electron chi connectivity index (χ0n) is 16.7. The first kappa shape index (κ1) is 21.0. The van der Waals surface area contributed by atoms with Crippen molar-refractivity contribution in [2.45, 2.75) is 51.0 Å². The van der Waals surface area contributed by atoms with E-state index >= 15 is 0 Å². The number of amides is 1. The SMILES string of the molecule is COCCN1[C@@H]2CCCC[C@@]2(C(=O)N2CCC(COC)CC2)CCS1(=O)=O. The third-order valence-corrected chi connectivity index (χ3v) is 8.62. The summed E-state index contributed by atoms with van der Waals surface area (Å²) in [6, 6.07) is -0.218.